The molecule has 0 radical (unpaired) electrons. The number of aromatic amines is 1. The number of fused-ring (bicyclic) bond motifs is 1. The van der Waals surface area contributed by atoms with Crippen molar-refractivity contribution in [1.29, 1.82) is 0 Å². The number of carbonyl (C=O) groups is 2. The number of aromatic nitrogens is 4. The van der Waals surface area contributed by atoms with Gasteiger partial charge in [-0.2, -0.15) is 5.10 Å². The van der Waals surface area contributed by atoms with Gasteiger partial charge < -0.3 is 4.98 Å². The van der Waals surface area contributed by atoms with Gasteiger partial charge in [-0.05, 0) is 40.2 Å². The van der Waals surface area contributed by atoms with Crippen LogP contribution >= 0.6 is 15.9 Å². The molecule has 3 N–H and O–H groups in total. The molecule has 0 aliphatic heterocycles. The minimum Gasteiger partial charge on any atom is -0.310 e. The summed E-state index contributed by atoms with van der Waals surface area (Å²) in [5.41, 5.74) is 5.98. The van der Waals surface area contributed by atoms with E-state index >= 15 is 0 Å². The Kier molecular flexibility index (Phi) is 5.89. The van der Waals surface area contributed by atoms with E-state index in [1.807, 2.05) is 30.3 Å². The molecule has 0 saturated heterocycles. The van der Waals surface area contributed by atoms with Crippen molar-refractivity contribution in [3.05, 3.63) is 87.0 Å². The third-order valence-corrected chi connectivity index (χ3v) is 5.20. The molecule has 0 saturated carbocycles. The summed E-state index contributed by atoms with van der Waals surface area (Å²) in [6, 6.07) is 16.2. The van der Waals surface area contributed by atoms with Gasteiger partial charge in [0.15, 0.2) is 5.65 Å². The van der Waals surface area contributed by atoms with Crippen LogP contribution in [0.3, 0.4) is 0 Å². The van der Waals surface area contributed by atoms with Crippen molar-refractivity contribution >= 4 is 38.8 Å². The van der Waals surface area contributed by atoms with Gasteiger partial charge in [-0.25, -0.2) is 9.67 Å². The number of H-pyrrole nitrogens is 1. The Balaban J connectivity index is 1.43. The lowest BCUT2D eigenvalue weighted by Gasteiger charge is -2.08. The first kappa shape index (κ1) is 20.5. The fraction of sp³-hybridized carbons (Fsp3) is 0.0952. The van der Waals surface area contributed by atoms with Crippen LogP contribution in [0.4, 0.5) is 0 Å². The summed E-state index contributed by atoms with van der Waals surface area (Å²) in [5.74, 6) is -0.511. The van der Waals surface area contributed by atoms with Gasteiger partial charge in [0.25, 0.3) is 11.5 Å². The smallest absolute Gasteiger partial charge is 0.270 e. The zero-order valence-corrected chi connectivity index (χ0v) is 17.7. The Morgan fingerprint density at radius 3 is 2.55 bits per heavy atom. The van der Waals surface area contributed by atoms with E-state index in [1.165, 1.54) is 6.20 Å². The highest BCUT2D eigenvalue weighted by Crippen LogP contribution is 2.15. The molecule has 0 spiro atoms. The maximum Gasteiger partial charge on any atom is 0.270 e. The standard InChI is InChI=1S/C21H17BrN6O3/c22-16-9-5-4-8-14(16)21(31)27-26-18(29)11-10-17-24-19-15(20(30)25-17)12-23-28(19)13-6-2-1-3-7-13/h1-9,12H,10-11H2,(H,26,29)(H,27,31)(H,24,25,30). The van der Waals surface area contributed by atoms with E-state index in [9.17, 15) is 14.4 Å². The Hall–Kier alpha value is -3.79. The summed E-state index contributed by atoms with van der Waals surface area (Å²) in [7, 11) is 0. The second kappa shape index (κ2) is 8.92. The van der Waals surface area contributed by atoms with E-state index in [4.69, 9.17) is 0 Å². The summed E-state index contributed by atoms with van der Waals surface area (Å²) in [6.07, 6.45) is 1.66. The number of aryl methyl sites for hydroxylation is 1. The Labute approximate surface area is 184 Å². The summed E-state index contributed by atoms with van der Waals surface area (Å²) in [6.45, 7) is 0. The van der Waals surface area contributed by atoms with Crippen LogP contribution in [0.15, 0.2) is 70.1 Å². The quantitative estimate of drug-likeness (QED) is 0.378. The second-order valence-corrected chi connectivity index (χ2v) is 7.48. The number of para-hydroxylation sites is 1. The topological polar surface area (TPSA) is 122 Å². The van der Waals surface area contributed by atoms with Gasteiger partial charge in [-0.3, -0.25) is 25.2 Å². The van der Waals surface area contributed by atoms with E-state index in [2.05, 4.69) is 41.8 Å². The lowest BCUT2D eigenvalue weighted by atomic mass is 10.2. The van der Waals surface area contributed by atoms with Gasteiger partial charge in [0.05, 0.1) is 17.4 Å². The van der Waals surface area contributed by atoms with Crippen LogP contribution < -0.4 is 16.4 Å². The average molecular weight is 481 g/mol. The first-order valence-corrected chi connectivity index (χ1v) is 10.2. The number of hydrogen-bond acceptors (Lipinski definition) is 5. The normalized spacial score (nSPS) is 10.7. The number of amides is 2. The maximum atomic E-state index is 12.4. The van der Waals surface area contributed by atoms with Crippen LogP contribution in [0, 0.1) is 0 Å². The van der Waals surface area contributed by atoms with E-state index < -0.39 is 11.8 Å². The molecule has 2 aromatic carbocycles. The number of nitrogens with one attached hydrogen (secondary N) is 3. The van der Waals surface area contributed by atoms with E-state index in [0.29, 0.717) is 26.9 Å². The van der Waals surface area contributed by atoms with Crippen molar-refractivity contribution in [2.75, 3.05) is 0 Å². The predicted octanol–water partition coefficient (Wildman–Crippen LogP) is 2.27. The van der Waals surface area contributed by atoms with Crippen molar-refractivity contribution in [2.45, 2.75) is 12.8 Å². The Bertz CT molecular complexity index is 1320. The van der Waals surface area contributed by atoms with Crippen molar-refractivity contribution < 1.29 is 9.59 Å². The molecular weight excluding hydrogens is 464 g/mol. The van der Waals surface area contributed by atoms with Crippen molar-refractivity contribution in [3.63, 3.8) is 0 Å². The molecule has 0 bridgehead atoms. The molecule has 0 unspecified atom stereocenters. The third kappa shape index (κ3) is 4.53. The molecule has 4 aromatic rings. The SMILES string of the molecule is O=C(CCc1nc2c(cnn2-c2ccccc2)c(=O)[nH]1)NNC(=O)c1ccccc1Br. The Morgan fingerprint density at radius 2 is 1.77 bits per heavy atom. The molecule has 0 aliphatic carbocycles. The minimum absolute atomic E-state index is 0.0180. The predicted molar refractivity (Wildman–Crippen MR) is 118 cm³/mol. The van der Waals surface area contributed by atoms with Crippen molar-refractivity contribution in [1.82, 2.24) is 30.6 Å². The van der Waals surface area contributed by atoms with E-state index in [-0.39, 0.29) is 18.4 Å². The summed E-state index contributed by atoms with van der Waals surface area (Å²) >= 11 is 3.29. The third-order valence-electron chi connectivity index (χ3n) is 4.51. The van der Waals surface area contributed by atoms with Crippen LogP contribution in [-0.4, -0.2) is 31.6 Å². The first-order valence-electron chi connectivity index (χ1n) is 9.39. The Morgan fingerprint density at radius 1 is 1.03 bits per heavy atom. The molecule has 2 heterocycles. The number of benzene rings is 2. The summed E-state index contributed by atoms with van der Waals surface area (Å²) < 4.78 is 2.19. The van der Waals surface area contributed by atoms with Crippen LogP contribution in [-0.2, 0) is 11.2 Å². The maximum absolute atomic E-state index is 12.4. The highest BCUT2D eigenvalue weighted by Gasteiger charge is 2.13. The molecule has 2 aromatic heterocycles. The van der Waals surface area contributed by atoms with Gasteiger partial charge in [-0.15, -0.1) is 0 Å². The molecule has 156 valence electrons. The monoisotopic (exact) mass is 480 g/mol. The molecule has 31 heavy (non-hydrogen) atoms. The van der Waals surface area contributed by atoms with Gasteiger partial charge in [0.1, 0.15) is 11.2 Å². The molecule has 0 atom stereocenters. The highest BCUT2D eigenvalue weighted by atomic mass is 79.9. The van der Waals surface area contributed by atoms with E-state index in [1.54, 1.807) is 28.9 Å². The van der Waals surface area contributed by atoms with E-state index in [0.717, 1.165) is 5.69 Å². The summed E-state index contributed by atoms with van der Waals surface area (Å²) in [5, 5.41) is 4.61. The lowest BCUT2D eigenvalue weighted by molar-refractivity contribution is -0.121. The molecule has 0 aliphatic rings. The molecular formula is C21H17BrN6O3. The van der Waals surface area contributed by atoms with Gasteiger partial charge in [0, 0.05) is 17.3 Å². The number of hydrogen-bond donors (Lipinski definition) is 3. The fourth-order valence-electron chi connectivity index (χ4n) is 2.97. The highest BCUT2D eigenvalue weighted by molar-refractivity contribution is 9.10. The number of nitrogens with zero attached hydrogens (tertiary/aromatic N) is 3. The van der Waals surface area contributed by atoms with Gasteiger partial charge in [-0.1, -0.05) is 30.3 Å². The van der Waals surface area contributed by atoms with Gasteiger partial charge in [0.2, 0.25) is 5.91 Å². The van der Waals surface area contributed by atoms with Gasteiger partial charge >= 0.3 is 0 Å². The minimum atomic E-state index is -0.444. The zero-order valence-electron chi connectivity index (χ0n) is 16.1. The number of carbonyl (C=O) groups excluding carboxylic acids is 2. The van der Waals surface area contributed by atoms with Crippen LogP contribution in [0.5, 0.6) is 0 Å². The molecule has 10 heteroatoms. The summed E-state index contributed by atoms with van der Waals surface area (Å²) in [4.78, 5) is 43.8. The number of rotatable bonds is 5. The first-order chi connectivity index (χ1) is 15.0. The van der Waals surface area contributed by atoms with Crippen molar-refractivity contribution in [2.24, 2.45) is 0 Å². The van der Waals surface area contributed by atoms with Crippen LogP contribution in [0.2, 0.25) is 0 Å². The number of halogens is 1. The zero-order chi connectivity index (χ0) is 21.8. The van der Waals surface area contributed by atoms with Crippen LogP contribution in [0.1, 0.15) is 22.6 Å². The van der Waals surface area contributed by atoms with Crippen LogP contribution in [0.25, 0.3) is 16.7 Å². The average Bonchev–Trinajstić information content (AvgIpc) is 3.21. The molecule has 0 fully saturated rings. The second-order valence-electron chi connectivity index (χ2n) is 6.62. The van der Waals surface area contributed by atoms with Crippen molar-refractivity contribution in [3.8, 4) is 5.69 Å². The largest absolute Gasteiger partial charge is 0.310 e. The molecule has 2 amide bonds. The molecule has 4 rings (SSSR count). The lowest BCUT2D eigenvalue weighted by Crippen LogP contribution is -2.41. The fourth-order valence-corrected chi connectivity index (χ4v) is 3.44. The molecule has 9 nitrogen and oxygen atoms in total. The number of hydrazine groups is 1.